The molecule has 2 saturated carbocycles. The van der Waals surface area contributed by atoms with Gasteiger partial charge in [0, 0.05) is 0 Å². The summed E-state index contributed by atoms with van der Waals surface area (Å²) in [6.07, 6.45) is 6.13. The lowest BCUT2D eigenvalue weighted by Crippen LogP contribution is -2.16. The van der Waals surface area contributed by atoms with E-state index in [1.807, 2.05) is 0 Å². The maximum absolute atomic E-state index is 10.7. The van der Waals surface area contributed by atoms with Gasteiger partial charge in [-0.15, -0.1) is 0 Å². The van der Waals surface area contributed by atoms with Crippen molar-refractivity contribution in [1.82, 2.24) is 0 Å². The van der Waals surface area contributed by atoms with Crippen LogP contribution in [0.3, 0.4) is 0 Å². The third-order valence-electron chi connectivity index (χ3n) is 3.82. The van der Waals surface area contributed by atoms with Gasteiger partial charge in [-0.3, -0.25) is 4.79 Å². The molecule has 0 bridgehead atoms. The largest absolute Gasteiger partial charge is 0.481 e. The summed E-state index contributed by atoms with van der Waals surface area (Å²) >= 11 is 0. The number of hydrogen-bond acceptors (Lipinski definition) is 1. The quantitative estimate of drug-likeness (QED) is 0.712. The van der Waals surface area contributed by atoms with Crippen molar-refractivity contribution >= 4 is 5.97 Å². The first-order valence-corrected chi connectivity index (χ1v) is 5.41. The number of hydrogen-bond donors (Lipinski definition) is 1. The third kappa shape index (κ3) is 1.87. The fourth-order valence-electron chi connectivity index (χ4n) is 2.73. The van der Waals surface area contributed by atoms with Crippen molar-refractivity contribution in [3.8, 4) is 0 Å². The molecule has 2 aliphatic rings. The van der Waals surface area contributed by atoms with Crippen LogP contribution in [0.2, 0.25) is 0 Å². The van der Waals surface area contributed by atoms with E-state index in [0.717, 1.165) is 18.3 Å². The van der Waals surface area contributed by atoms with Crippen molar-refractivity contribution in [3.05, 3.63) is 0 Å². The van der Waals surface area contributed by atoms with Crippen LogP contribution in [0.5, 0.6) is 0 Å². The van der Waals surface area contributed by atoms with Gasteiger partial charge in [-0.1, -0.05) is 19.8 Å². The van der Waals surface area contributed by atoms with Gasteiger partial charge in [0.25, 0.3) is 0 Å². The third-order valence-corrected chi connectivity index (χ3v) is 3.82. The summed E-state index contributed by atoms with van der Waals surface area (Å²) in [5.41, 5.74) is 0. The van der Waals surface area contributed by atoms with E-state index in [2.05, 4.69) is 6.92 Å². The number of carboxylic acid groups (broad SMARTS) is 1. The summed E-state index contributed by atoms with van der Waals surface area (Å²) in [6, 6.07) is 0. The van der Waals surface area contributed by atoms with Crippen LogP contribution < -0.4 is 0 Å². The van der Waals surface area contributed by atoms with Gasteiger partial charge in [0.1, 0.15) is 0 Å². The molecule has 2 atom stereocenters. The van der Waals surface area contributed by atoms with E-state index < -0.39 is 5.97 Å². The Balaban J connectivity index is 1.81. The predicted octanol–water partition coefficient (Wildman–Crippen LogP) is 2.53. The molecule has 13 heavy (non-hydrogen) atoms. The summed E-state index contributed by atoms with van der Waals surface area (Å²) in [6.45, 7) is 2.30. The van der Waals surface area contributed by atoms with Gasteiger partial charge in [-0.25, -0.2) is 0 Å². The van der Waals surface area contributed by atoms with Gasteiger partial charge in [-0.05, 0) is 37.0 Å². The molecule has 0 heterocycles. The minimum Gasteiger partial charge on any atom is -0.481 e. The monoisotopic (exact) mass is 182 g/mol. The van der Waals surface area contributed by atoms with Crippen LogP contribution in [0.4, 0.5) is 0 Å². The highest BCUT2D eigenvalue weighted by molar-refractivity contribution is 5.73. The van der Waals surface area contributed by atoms with Crippen LogP contribution in [0, 0.1) is 23.7 Å². The summed E-state index contributed by atoms with van der Waals surface area (Å²) in [7, 11) is 0. The second-order valence-electron chi connectivity index (χ2n) is 4.86. The Labute approximate surface area is 79.3 Å². The Morgan fingerprint density at radius 2 is 1.85 bits per heavy atom. The molecule has 2 rings (SSSR count). The van der Waals surface area contributed by atoms with E-state index in [1.165, 1.54) is 25.7 Å². The molecule has 0 aliphatic heterocycles. The molecule has 2 heteroatoms. The molecule has 0 saturated heterocycles. The van der Waals surface area contributed by atoms with Gasteiger partial charge in [0.2, 0.25) is 0 Å². The van der Waals surface area contributed by atoms with Crippen molar-refractivity contribution in [2.75, 3.05) is 0 Å². The van der Waals surface area contributed by atoms with Crippen molar-refractivity contribution in [2.45, 2.75) is 39.0 Å². The molecule has 74 valence electrons. The Morgan fingerprint density at radius 1 is 1.23 bits per heavy atom. The second-order valence-corrected chi connectivity index (χ2v) is 4.86. The molecular formula is C11H18O2. The molecular weight excluding hydrogens is 164 g/mol. The smallest absolute Gasteiger partial charge is 0.306 e. The van der Waals surface area contributed by atoms with E-state index in [-0.39, 0.29) is 5.92 Å². The average molecular weight is 182 g/mol. The summed E-state index contributed by atoms with van der Waals surface area (Å²) in [5, 5.41) is 8.81. The van der Waals surface area contributed by atoms with Gasteiger partial charge in [0.05, 0.1) is 5.92 Å². The first-order valence-electron chi connectivity index (χ1n) is 5.41. The number of carbonyl (C=O) groups is 1. The minimum absolute atomic E-state index is 0.0124. The molecule has 1 N–H and O–H groups in total. The molecule has 0 radical (unpaired) electrons. The molecule has 0 aromatic heterocycles. The lowest BCUT2D eigenvalue weighted by molar-refractivity contribution is -0.139. The fraction of sp³-hybridized carbons (Fsp3) is 0.909. The highest BCUT2D eigenvalue weighted by atomic mass is 16.4. The number of carboxylic acids is 1. The van der Waals surface area contributed by atoms with Crippen LogP contribution >= 0.6 is 0 Å². The SMILES string of the molecule is CC1CCC([C@H]2C[C@@H]2C(=O)O)CC1. The maximum atomic E-state index is 10.7. The lowest BCUT2D eigenvalue weighted by Gasteiger charge is -2.26. The highest BCUT2D eigenvalue weighted by Crippen LogP contribution is 2.49. The van der Waals surface area contributed by atoms with E-state index in [4.69, 9.17) is 5.11 Å². The molecule has 0 aromatic rings. The Morgan fingerprint density at radius 3 is 2.31 bits per heavy atom. The molecule has 0 spiro atoms. The van der Waals surface area contributed by atoms with Crippen LogP contribution in [0.1, 0.15) is 39.0 Å². The van der Waals surface area contributed by atoms with Crippen molar-refractivity contribution < 1.29 is 9.90 Å². The molecule has 0 amide bonds. The Bertz CT molecular complexity index is 204. The Hall–Kier alpha value is -0.530. The lowest BCUT2D eigenvalue weighted by atomic mass is 9.80. The zero-order valence-corrected chi connectivity index (χ0v) is 8.20. The molecule has 0 unspecified atom stereocenters. The van der Waals surface area contributed by atoms with Crippen LogP contribution in [-0.4, -0.2) is 11.1 Å². The van der Waals surface area contributed by atoms with Crippen molar-refractivity contribution in [3.63, 3.8) is 0 Å². The van der Waals surface area contributed by atoms with Crippen LogP contribution in [0.15, 0.2) is 0 Å². The van der Waals surface area contributed by atoms with Crippen LogP contribution in [-0.2, 0) is 4.79 Å². The normalized spacial score (nSPS) is 44.4. The van der Waals surface area contributed by atoms with E-state index in [9.17, 15) is 4.79 Å². The zero-order valence-electron chi connectivity index (χ0n) is 8.20. The van der Waals surface area contributed by atoms with E-state index in [0.29, 0.717) is 5.92 Å². The summed E-state index contributed by atoms with van der Waals surface area (Å²) in [4.78, 5) is 10.7. The average Bonchev–Trinajstić information content (AvgIpc) is 2.85. The predicted molar refractivity (Wildman–Crippen MR) is 50.4 cm³/mol. The Kier molecular flexibility index (Phi) is 2.31. The fourth-order valence-corrected chi connectivity index (χ4v) is 2.73. The summed E-state index contributed by atoms with van der Waals surface area (Å²) in [5.74, 6) is 1.59. The highest BCUT2D eigenvalue weighted by Gasteiger charge is 2.47. The molecule has 2 fully saturated rings. The van der Waals surface area contributed by atoms with E-state index >= 15 is 0 Å². The van der Waals surface area contributed by atoms with Gasteiger partial charge in [0.15, 0.2) is 0 Å². The second kappa shape index (κ2) is 3.32. The summed E-state index contributed by atoms with van der Waals surface area (Å²) < 4.78 is 0. The standard InChI is InChI=1S/C11H18O2/c1-7-2-4-8(5-3-7)9-6-10(9)11(12)13/h7-10H,2-6H2,1H3,(H,12,13)/t7?,8?,9-,10+/m1/s1. The topological polar surface area (TPSA) is 37.3 Å². The number of aliphatic carboxylic acids is 1. The molecule has 2 aliphatic carbocycles. The van der Waals surface area contributed by atoms with Crippen LogP contribution in [0.25, 0.3) is 0 Å². The minimum atomic E-state index is -0.566. The first-order chi connectivity index (χ1) is 6.18. The van der Waals surface area contributed by atoms with Gasteiger partial charge in [-0.2, -0.15) is 0 Å². The number of rotatable bonds is 2. The molecule has 0 aromatic carbocycles. The first kappa shape index (κ1) is 9.04. The van der Waals surface area contributed by atoms with Gasteiger partial charge >= 0.3 is 5.97 Å². The zero-order chi connectivity index (χ0) is 9.42. The van der Waals surface area contributed by atoms with E-state index in [1.54, 1.807) is 0 Å². The maximum Gasteiger partial charge on any atom is 0.306 e. The van der Waals surface area contributed by atoms with Crippen molar-refractivity contribution in [2.24, 2.45) is 23.7 Å². The molecule has 2 nitrogen and oxygen atoms in total. The van der Waals surface area contributed by atoms with Crippen molar-refractivity contribution in [1.29, 1.82) is 0 Å². The van der Waals surface area contributed by atoms with Gasteiger partial charge < -0.3 is 5.11 Å².